The van der Waals surface area contributed by atoms with E-state index in [9.17, 15) is 4.79 Å². The number of nitrogens with zero attached hydrogens (tertiary/aromatic N) is 2. The van der Waals surface area contributed by atoms with Crippen LogP contribution >= 0.6 is 11.8 Å². The van der Waals surface area contributed by atoms with Crippen molar-refractivity contribution in [3.8, 4) is 11.5 Å². The second-order valence-corrected chi connectivity index (χ2v) is 6.27. The third kappa shape index (κ3) is 4.06. The Morgan fingerprint density at radius 3 is 2.64 bits per heavy atom. The van der Waals surface area contributed by atoms with Crippen LogP contribution in [0.15, 0.2) is 53.7 Å². The van der Waals surface area contributed by atoms with Gasteiger partial charge in [-0.15, -0.1) is 0 Å². The Balaban J connectivity index is 1.67. The van der Waals surface area contributed by atoms with Gasteiger partial charge < -0.3 is 19.1 Å². The normalized spacial score (nSPS) is 10.8. The molecule has 0 saturated heterocycles. The second-order valence-electron chi connectivity index (χ2n) is 5.21. The van der Waals surface area contributed by atoms with Gasteiger partial charge in [-0.05, 0) is 24.3 Å². The summed E-state index contributed by atoms with van der Waals surface area (Å²) in [5.41, 5.74) is 1.61. The van der Waals surface area contributed by atoms with E-state index in [4.69, 9.17) is 14.6 Å². The molecular formula is C18H18N2O4S. The first-order valence-electron chi connectivity index (χ1n) is 7.74. The molecule has 7 heteroatoms. The zero-order valence-corrected chi connectivity index (χ0v) is 14.5. The Morgan fingerprint density at radius 2 is 1.88 bits per heavy atom. The number of aromatic nitrogens is 2. The van der Waals surface area contributed by atoms with Crippen LogP contribution < -0.4 is 9.47 Å². The van der Waals surface area contributed by atoms with Crippen LogP contribution in [0.25, 0.3) is 11.0 Å². The van der Waals surface area contributed by atoms with Gasteiger partial charge in [0.25, 0.3) is 0 Å². The van der Waals surface area contributed by atoms with Crippen LogP contribution in [0.4, 0.5) is 0 Å². The fraction of sp³-hybridized carbons (Fsp3) is 0.222. The quantitative estimate of drug-likeness (QED) is 0.492. The number of carboxylic acids is 1. The summed E-state index contributed by atoms with van der Waals surface area (Å²) in [6.07, 6.45) is 0. The molecular weight excluding hydrogens is 340 g/mol. The molecule has 0 atom stereocenters. The van der Waals surface area contributed by atoms with Crippen LogP contribution in [-0.4, -0.2) is 40.1 Å². The van der Waals surface area contributed by atoms with Gasteiger partial charge >= 0.3 is 5.97 Å². The molecule has 0 aliphatic rings. The monoisotopic (exact) mass is 358 g/mol. The van der Waals surface area contributed by atoms with E-state index in [2.05, 4.69) is 4.98 Å². The number of imidazole rings is 1. The van der Waals surface area contributed by atoms with Crippen molar-refractivity contribution >= 4 is 28.8 Å². The number of methoxy groups -OCH3 is 1. The average Bonchev–Trinajstić information content (AvgIpc) is 2.96. The van der Waals surface area contributed by atoms with Crippen LogP contribution in [0.1, 0.15) is 0 Å². The summed E-state index contributed by atoms with van der Waals surface area (Å²) in [4.78, 5) is 15.7. The van der Waals surface area contributed by atoms with E-state index in [0.29, 0.717) is 29.0 Å². The lowest BCUT2D eigenvalue weighted by Crippen LogP contribution is -2.10. The number of fused-ring (bicyclic) bond motifs is 1. The highest BCUT2D eigenvalue weighted by molar-refractivity contribution is 7.99. The lowest BCUT2D eigenvalue weighted by atomic mass is 10.3. The smallest absolute Gasteiger partial charge is 0.323 e. The molecule has 6 nitrogen and oxygen atoms in total. The molecule has 3 aromatic rings. The van der Waals surface area contributed by atoms with Crippen LogP contribution in [0.3, 0.4) is 0 Å². The van der Waals surface area contributed by atoms with E-state index in [1.807, 2.05) is 48.5 Å². The highest BCUT2D eigenvalue weighted by Crippen LogP contribution is 2.27. The lowest BCUT2D eigenvalue weighted by Gasteiger charge is -2.10. The molecule has 0 saturated carbocycles. The Morgan fingerprint density at radius 1 is 1.16 bits per heavy atom. The molecule has 1 heterocycles. The van der Waals surface area contributed by atoms with E-state index in [-0.39, 0.29) is 6.54 Å². The van der Waals surface area contributed by atoms with Gasteiger partial charge in [0, 0.05) is 5.75 Å². The molecule has 130 valence electrons. The zero-order chi connectivity index (χ0) is 17.6. The van der Waals surface area contributed by atoms with E-state index in [1.54, 1.807) is 11.7 Å². The van der Waals surface area contributed by atoms with Crippen LogP contribution in [0, 0.1) is 0 Å². The maximum atomic E-state index is 11.2. The SMILES string of the molecule is COc1ccccc1OCCSc1nc2ccccc2n1CC(=O)O. The predicted molar refractivity (Wildman–Crippen MR) is 96.6 cm³/mol. The minimum absolute atomic E-state index is 0.115. The molecule has 25 heavy (non-hydrogen) atoms. The molecule has 0 aliphatic carbocycles. The molecule has 3 rings (SSSR count). The van der Waals surface area contributed by atoms with Crippen molar-refractivity contribution in [2.45, 2.75) is 11.7 Å². The first kappa shape index (κ1) is 17.2. The number of para-hydroxylation sites is 4. The van der Waals surface area contributed by atoms with Gasteiger partial charge in [0.15, 0.2) is 16.7 Å². The van der Waals surface area contributed by atoms with Crippen LogP contribution in [0.2, 0.25) is 0 Å². The Hall–Kier alpha value is -2.67. The molecule has 0 radical (unpaired) electrons. The molecule has 0 fully saturated rings. The van der Waals surface area contributed by atoms with Crippen LogP contribution in [-0.2, 0) is 11.3 Å². The lowest BCUT2D eigenvalue weighted by molar-refractivity contribution is -0.137. The van der Waals surface area contributed by atoms with Gasteiger partial charge in [0.05, 0.1) is 24.8 Å². The Kier molecular flexibility index (Phi) is 5.45. The van der Waals surface area contributed by atoms with Crippen molar-refractivity contribution < 1.29 is 19.4 Å². The van der Waals surface area contributed by atoms with Crippen molar-refractivity contribution in [2.24, 2.45) is 0 Å². The largest absolute Gasteiger partial charge is 0.493 e. The number of hydrogen-bond donors (Lipinski definition) is 1. The highest BCUT2D eigenvalue weighted by Gasteiger charge is 2.13. The van der Waals surface area contributed by atoms with E-state index >= 15 is 0 Å². The number of hydrogen-bond acceptors (Lipinski definition) is 5. The van der Waals surface area contributed by atoms with Gasteiger partial charge in [0.1, 0.15) is 6.54 Å². The zero-order valence-electron chi connectivity index (χ0n) is 13.7. The van der Waals surface area contributed by atoms with E-state index in [0.717, 1.165) is 11.0 Å². The van der Waals surface area contributed by atoms with Crippen molar-refractivity contribution in [2.75, 3.05) is 19.5 Å². The number of aliphatic carboxylic acids is 1. The maximum Gasteiger partial charge on any atom is 0.323 e. The topological polar surface area (TPSA) is 73.6 Å². The molecule has 2 aromatic carbocycles. The summed E-state index contributed by atoms with van der Waals surface area (Å²) < 4.78 is 12.7. The number of carbonyl (C=O) groups is 1. The molecule has 0 aliphatic heterocycles. The number of ether oxygens (including phenoxy) is 2. The fourth-order valence-corrected chi connectivity index (χ4v) is 3.31. The second kappa shape index (κ2) is 7.94. The van der Waals surface area contributed by atoms with Crippen molar-refractivity contribution in [1.82, 2.24) is 9.55 Å². The molecule has 0 unspecified atom stereocenters. The van der Waals surface area contributed by atoms with Crippen molar-refractivity contribution in [1.29, 1.82) is 0 Å². The van der Waals surface area contributed by atoms with Crippen LogP contribution in [0.5, 0.6) is 11.5 Å². The summed E-state index contributed by atoms with van der Waals surface area (Å²) in [6.45, 7) is 0.345. The average molecular weight is 358 g/mol. The van der Waals surface area contributed by atoms with E-state index < -0.39 is 5.97 Å². The number of thioether (sulfide) groups is 1. The van der Waals surface area contributed by atoms with Crippen molar-refractivity contribution in [3.05, 3.63) is 48.5 Å². The highest BCUT2D eigenvalue weighted by atomic mass is 32.2. The molecule has 1 N–H and O–H groups in total. The number of benzene rings is 2. The Bertz CT molecular complexity index is 878. The third-order valence-electron chi connectivity index (χ3n) is 3.55. The van der Waals surface area contributed by atoms with Crippen molar-refractivity contribution in [3.63, 3.8) is 0 Å². The third-order valence-corrected chi connectivity index (χ3v) is 4.49. The van der Waals surface area contributed by atoms with Gasteiger partial charge in [-0.3, -0.25) is 4.79 Å². The van der Waals surface area contributed by atoms with Gasteiger partial charge in [0.2, 0.25) is 0 Å². The first-order valence-corrected chi connectivity index (χ1v) is 8.73. The van der Waals surface area contributed by atoms with Gasteiger partial charge in [-0.2, -0.15) is 0 Å². The predicted octanol–water partition coefficient (Wildman–Crippen LogP) is 3.30. The Labute approximate surface area is 149 Å². The summed E-state index contributed by atoms with van der Waals surface area (Å²) in [7, 11) is 1.60. The molecule has 0 spiro atoms. The maximum absolute atomic E-state index is 11.2. The summed E-state index contributed by atoms with van der Waals surface area (Å²) >= 11 is 1.47. The standard InChI is InChI=1S/C18H18N2O4S/c1-23-15-8-4-5-9-16(15)24-10-11-25-18-19-13-6-2-3-7-14(13)20(18)12-17(21)22/h2-9H,10-12H2,1H3,(H,21,22). The summed E-state index contributed by atoms with van der Waals surface area (Å²) in [5, 5.41) is 9.82. The minimum Gasteiger partial charge on any atom is -0.493 e. The molecule has 1 aromatic heterocycles. The van der Waals surface area contributed by atoms with Gasteiger partial charge in [-0.25, -0.2) is 4.98 Å². The molecule has 0 amide bonds. The minimum atomic E-state index is -0.893. The number of rotatable bonds is 8. The van der Waals surface area contributed by atoms with Gasteiger partial charge in [-0.1, -0.05) is 36.0 Å². The summed E-state index contributed by atoms with van der Waals surface area (Å²) in [6, 6.07) is 15.0. The molecule has 0 bridgehead atoms. The summed E-state index contributed by atoms with van der Waals surface area (Å²) in [5.74, 6) is 1.12. The fourth-order valence-electron chi connectivity index (χ4n) is 2.47. The first-order chi connectivity index (χ1) is 12.2. The van der Waals surface area contributed by atoms with E-state index in [1.165, 1.54) is 11.8 Å². The number of carboxylic acid groups (broad SMARTS) is 1.